The van der Waals surface area contributed by atoms with E-state index in [1.165, 1.54) is 7.11 Å². The van der Waals surface area contributed by atoms with Crippen LogP contribution in [0.3, 0.4) is 0 Å². The molecule has 1 unspecified atom stereocenters. The van der Waals surface area contributed by atoms with Crippen molar-refractivity contribution in [2.75, 3.05) is 7.11 Å². The maximum atomic E-state index is 10.1. The molecule has 1 N–H and O–H groups in total. The quantitative estimate of drug-likeness (QED) is 0.910. The Kier molecular flexibility index (Phi) is 3.61. The van der Waals surface area contributed by atoms with Crippen molar-refractivity contribution in [3.63, 3.8) is 0 Å². The first-order valence-corrected chi connectivity index (χ1v) is 5.52. The van der Waals surface area contributed by atoms with Crippen LogP contribution in [0.25, 0.3) is 0 Å². The SMILES string of the molecule is COc1cc(C(O)c2ccccn2)ccc1Cl. The van der Waals surface area contributed by atoms with Crippen molar-refractivity contribution >= 4 is 11.6 Å². The van der Waals surface area contributed by atoms with Gasteiger partial charge in [-0.25, -0.2) is 0 Å². The molecule has 0 aliphatic carbocycles. The minimum absolute atomic E-state index is 0.518. The van der Waals surface area contributed by atoms with E-state index in [4.69, 9.17) is 16.3 Å². The maximum Gasteiger partial charge on any atom is 0.137 e. The average Bonchev–Trinajstić information content (AvgIpc) is 2.39. The fourth-order valence-electron chi connectivity index (χ4n) is 1.55. The first-order valence-electron chi connectivity index (χ1n) is 5.15. The molecule has 88 valence electrons. The van der Waals surface area contributed by atoms with Crippen molar-refractivity contribution in [3.05, 3.63) is 58.9 Å². The normalized spacial score (nSPS) is 12.2. The van der Waals surface area contributed by atoms with Gasteiger partial charge in [0, 0.05) is 6.20 Å². The summed E-state index contributed by atoms with van der Waals surface area (Å²) in [4.78, 5) is 4.11. The Morgan fingerprint density at radius 2 is 2.12 bits per heavy atom. The number of ether oxygens (including phenoxy) is 1. The Hall–Kier alpha value is -1.58. The van der Waals surface area contributed by atoms with Crippen LogP contribution < -0.4 is 4.74 Å². The Balaban J connectivity index is 2.34. The summed E-state index contributed by atoms with van der Waals surface area (Å²) < 4.78 is 5.11. The number of hydrogen-bond acceptors (Lipinski definition) is 3. The third kappa shape index (κ3) is 2.57. The molecular formula is C13H12ClNO2. The number of aliphatic hydroxyl groups is 1. The lowest BCUT2D eigenvalue weighted by atomic mass is 10.1. The van der Waals surface area contributed by atoms with Crippen LogP contribution in [0.2, 0.25) is 5.02 Å². The highest BCUT2D eigenvalue weighted by Gasteiger charge is 2.13. The van der Waals surface area contributed by atoms with Crippen LogP contribution in [-0.4, -0.2) is 17.2 Å². The highest BCUT2D eigenvalue weighted by molar-refractivity contribution is 6.32. The molecule has 0 radical (unpaired) electrons. The van der Waals surface area contributed by atoms with E-state index in [-0.39, 0.29) is 0 Å². The van der Waals surface area contributed by atoms with Gasteiger partial charge in [0.05, 0.1) is 17.8 Å². The number of aliphatic hydroxyl groups excluding tert-OH is 1. The summed E-state index contributed by atoms with van der Waals surface area (Å²) in [6, 6.07) is 10.6. The fourth-order valence-corrected chi connectivity index (χ4v) is 1.75. The standard InChI is InChI=1S/C13H12ClNO2/c1-17-12-8-9(5-6-10(12)14)13(16)11-4-2-3-7-15-11/h2-8,13,16H,1H3. The molecule has 1 atom stereocenters. The minimum atomic E-state index is -0.776. The van der Waals surface area contributed by atoms with Crippen molar-refractivity contribution in [1.29, 1.82) is 0 Å². The van der Waals surface area contributed by atoms with Crippen LogP contribution in [0.1, 0.15) is 17.4 Å². The lowest BCUT2D eigenvalue weighted by molar-refractivity contribution is 0.215. The number of pyridine rings is 1. The number of aromatic nitrogens is 1. The third-order valence-corrected chi connectivity index (χ3v) is 2.77. The predicted molar refractivity (Wildman–Crippen MR) is 66.3 cm³/mol. The molecule has 0 saturated heterocycles. The van der Waals surface area contributed by atoms with Gasteiger partial charge < -0.3 is 9.84 Å². The first-order chi connectivity index (χ1) is 8.22. The summed E-state index contributed by atoms with van der Waals surface area (Å²) in [5.74, 6) is 0.541. The lowest BCUT2D eigenvalue weighted by Crippen LogP contribution is -2.02. The highest BCUT2D eigenvalue weighted by atomic mass is 35.5. The summed E-state index contributed by atoms with van der Waals surface area (Å²) in [7, 11) is 1.54. The van der Waals surface area contributed by atoms with Gasteiger partial charge in [0.1, 0.15) is 11.9 Å². The molecule has 17 heavy (non-hydrogen) atoms. The molecule has 0 bridgehead atoms. The smallest absolute Gasteiger partial charge is 0.137 e. The molecule has 0 saturated carbocycles. The Labute approximate surface area is 105 Å². The largest absolute Gasteiger partial charge is 0.495 e. The van der Waals surface area contributed by atoms with Gasteiger partial charge in [-0.2, -0.15) is 0 Å². The number of rotatable bonds is 3. The van der Waals surface area contributed by atoms with Crippen molar-refractivity contribution in [2.45, 2.75) is 6.10 Å². The molecule has 0 fully saturated rings. The molecule has 2 aromatic rings. The van der Waals surface area contributed by atoms with Gasteiger partial charge in [0.15, 0.2) is 0 Å². The van der Waals surface area contributed by atoms with Gasteiger partial charge in [0.2, 0.25) is 0 Å². The summed E-state index contributed by atoms with van der Waals surface area (Å²) in [5.41, 5.74) is 1.29. The van der Waals surface area contributed by atoms with Crippen LogP contribution in [0.4, 0.5) is 0 Å². The zero-order valence-corrected chi connectivity index (χ0v) is 10.1. The maximum absolute atomic E-state index is 10.1. The van der Waals surface area contributed by atoms with Gasteiger partial charge in [-0.3, -0.25) is 4.98 Å². The first kappa shape index (κ1) is 11.9. The molecule has 4 heteroatoms. The summed E-state index contributed by atoms with van der Waals surface area (Å²) in [5, 5.41) is 10.7. The molecule has 0 aliphatic heterocycles. The van der Waals surface area contributed by atoms with Crippen molar-refractivity contribution in [3.8, 4) is 5.75 Å². The molecule has 3 nitrogen and oxygen atoms in total. The molecule has 1 aromatic carbocycles. The summed E-state index contributed by atoms with van der Waals surface area (Å²) in [6.45, 7) is 0. The van der Waals surface area contributed by atoms with E-state index in [0.29, 0.717) is 22.0 Å². The number of hydrogen-bond donors (Lipinski definition) is 1. The van der Waals surface area contributed by atoms with E-state index in [1.807, 2.05) is 6.07 Å². The topological polar surface area (TPSA) is 42.4 Å². The molecule has 0 amide bonds. The predicted octanol–water partition coefficient (Wildman–Crippen LogP) is 2.83. The zero-order valence-electron chi connectivity index (χ0n) is 9.30. The highest BCUT2D eigenvalue weighted by Crippen LogP contribution is 2.29. The summed E-state index contributed by atoms with van der Waals surface area (Å²) in [6.07, 6.45) is 0.869. The molecular weight excluding hydrogens is 238 g/mol. The van der Waals surface area contributed by atoms with Gasteiger partial charge in [-0.05, 0) is 29.8 Å². The van der Waals surface area contributed by atoms with Gasteiger partial charge in [-0.15, -0.1) is 0 Å². The molecule has 1 aromatic heterocycles. The van der Waals surface area contributed by atoms with E-state index in [0.717, 1.165) is 0 Å². The van der Waals surface area contributed by atoms with E-state index in [1.54, 1.807) is 36.5 Å². The Morgan fingerprint density at radius 3 is 2.76 bits per heavy atom. The second kappa shape index (κ2) is 5.17. The van der Waals surface area contributed by atoms with Crippen LogP contribution >= 0.6 is 11.6 Å². The van der Waals surface area contributed by atoms with Crippen molar-refractivity contribution in [1.82, 2.24) is 4.98 Å². The van der Waals surface area contributed by atoms with E-state index >= 15 is 0 Å². The third-order valence-electron chi connectivity index (χ3n) is 2.46. The number of halogens is 1. The number of benzene rings is 1. The zero-order chi connectivity index (χ0) is 12.3. The van der Waals surface area contributed by atoms with Gasteiger partial charge in [0.25, 0.3) is 0 Å². The second-order valence-electron chi connectivity index (χ2n) is 3.55. The molecule has 2 rings (SSSR count). The van der Waals surface area contributed by atoms with Gasteiger partial charge >= 0.3 is 0 Å². The average molecular weight is 250 g/mol. The van der Waals surface area contributed by atoms with Crippen LogP contribution in [-0.2, 0) is 0 Å². The monoisotopic (exact) mass is 249 g/mol. The second-order valence-corrected chi connectivity index (χ2v) is 3.96. The number of methoxy groups -OCH3 is 1. The van der Waals surface area contributed by atoms with Crippen molar-refractivity contribution in [2.24, 2.45) is 0 Å². The Morgan fingerprint density at radius 1 is 1.29 bits per heavy atom. The van der Waals surface area contributed by atoms with Crippen LogP contribution in [0.15, 0.2) is 42.6 Å². The Bertz CT molecular complexity index is 502. The molecule has 0 spiro atoms. The van der Waals surface area contributed by atoms with Crippen molar-refractivity contribution < 1.29 is 9.84 Å². The van der Waals surface area contributed by atoms with E-state index in [2.05, 4.69) is 4.98 Å². The van der Waals surface area contributed by atoms with Crippen LogP contribution in [0, 0.1) is 0 Å². The van der Waals surface area contributed by atoms with Crippen LogP contribution in [0.5, 0.6) is 5.75 Å². The fraction of sp³-hybridized carbons (Fsp3) is 0.154. The van der Waals surface area contributed by atoms with Gasteiger partial charge in [-0.1, -0.05) is 23.7 Å². The number of nitrogens with zero attached hydrogens (tertiary/aromatic N) is 1. The molecule has 1 heterocycles. The van der Waals surface area contributed by atoms with E-state index in [9.17, 15) is 5.11 Å². The summed E-state index contributed by atoms with van der Waals surface area (Å²) >= 11 is 5.92. The lowest BCUT2D eigenvalue weighted by Gasteiger charge is -2.12. The molecule has 0 aliphatic rings. The minimum Gasteiger partial charge on any atom is -0.495 e. The van der Waals surface area contributed by atoms with E-state index < -0.39 is 6.10 Å².